The summed E-state index contributed by atoms with van der Waals surface area (Å²) < 4.78 is 2.05. The Morgan fingerprint density at radius 2 is 2.00 bits per heavy atom. The number of rotatable bonds is 8. The first kappa shape index (κ1) is 18.0. The van der Waals surface area contributed by atoms with Crippen molar-refractivity contribution in [2.45, 2.75) is 51.2 Å². The van der Waals surface area contributed by atoms with Gasteiger partial charge in [-0.25, -0.2) is 0 Å². The molecule has 27 heavy (non-hydrogen) atoms. The van der Waals surface area contributed by atoms with Gasteiger partial charge in [-0.05, 0) is 56.0 Å². The lowest BCUT2D eigenvalue weighted by Crippen LogP contribution is -2.55. The Labute approximate surface area is 159 Å². The molecule has 6 nitrogen and oxygen atoms in total. The number of nitrogens with zero attached hydrogens (tertiary/aromatic N) is 2. The molecular formula is C21H27N3O3. The van der Waals surface area contributed by atoms with Crippen molar-refractivity contribution in [3.63, 3.8) is 0 Å². The molecule has 0 unspecified atom stereocenters. The summed E-state index contributed by atoms with van der Waals surface area (Å²) in [6.07, 6.45) is 4.12. The van der Waals surface area contributed by atoms with E-state index in [9.17, 15) is 9.59 Å². The van der Waals surface area contributed by atoms with Gasteiger partial charge >= 0.3 is 5.97 Å². The van der Waals surface area contributed by atoms with E-state index < -0.39 is 5.97 Å². The van der Waals surface area contributed by atoms with Gasteiger partial charge in [0.25, 0.3) is 0 Å². The molecular weight excluding hydrogens is 342 g/mol. The summed E-state index contributed by atoms with van der Waals surface area (Å²) in [5, 5.41) is 13.4. The summed E-state index contributed by atoms with van der Waals surface area (Å²) in [6.45, 7) is 3.33. The van der Waals surface area contributed by atoms with Crippen molar-refractivity contribution in [3.8, 4) is 0 Å². The first-order chi connectivity index (χ1) is 13.0. The van der Waals surface area contributed by atoms with Crippen LogP contribution in [-0.4, -0.2) is 51.6 Å². The van der Waals surface area contributed by atoms with E-state index in [-0.39, 0.29) is 24.5 Å². The van der Waals surface area contributed by atoms with Gasteiger partial charge in [-0.2, -0.15) is 0 Å². The number of aryl methyl sites for hydroxylation is 1. The van der Waals surface area contributed by atoms with Crippen molar-refractivity contribution in [2.75, 3.05) is 13.1 Å². The van der Waals surface area contributed by atoms with E-state index in [1.54, 1.807) is 0 Å². The topological polar surface area (TPSA) is 74.6 Å². The molecule has 2 saturated carbocycles. The largest absolute Gasteiger partial charge is 0.480 e. The number of amides is 1. The second-order valence-corrected chi connectivity index (χ2v) is 8.09. The molecule has 1 aromatic heterocycles. The molecule has 0 spiro atoms. The van der Waals surface area contributed by atoms with Crippen molar-refractivity contribution in [2.24, 2.45) is 5.92 Å². The Morgan fingerprint density at radius 1 is 1.26 bits per heavy atom. The monoisotopic (exact) mass is 369 g/mol. The van der Waals surface area contributed by atoms with Crippen LogP contribution in [-0.2, 0) is 16.1 Å². The van der Waals surface area contributed by atoms with Gasteiger partial charge in [0.15, 0.2) is 0 Å². The third kappa shape index (κ3) is 4.16. The average molecular weight is 369 g/mol. The second-order valence-electron chi connectivity index (χ2n) is 8.09. The number of nitrogens with one attached hydrogen (secondary N) is 1. The van der Waals surface area contributed by atoms with Crippen molar-refractivity contribution in [3.05, 3.63) is 36.0 Å². The minimum atomic E-state index is -0.766. The van der Waals surface area contributed by atoms with E-state index in [0.717, 1.165) is 36.0 Å². The van der Waals surface area contributed by atoms with Gasteiger partial charge in [0, 0.05) is 29.8 Å². The molecule has 0 bridgehead atoms. The first-order valence-corrected chi connectivity index (χ1v) is 9.79. The Bertz CT molecular complexity index is 849. The minimum Gasteiger partial charge on any atom is -0.480 e. The lowest BCUT2D eigenvalue weighted by atomic mass is 9.85. The predicted molar refractivity (Wildman–Crippen MR) is 104 cm³/mol. The molecule has 0 atom stereocenters. The predicted octanol–water partition coefficient (Wildman–Crippen LogP) is 2.39. The maximum Gasteiger partial charge on any atom is 0.317 e. The number of carbonyl (C=O) groups is 2. The highest BCUT2D eigenvalue weighted by Gasteiger charge is 2.37. The number of fused-ring (bicyclic) bond motifs is 1. The first-order valence-electron chi connectivity index (χ1n) is 9.79. The highest BCUT2D eigenvalue weighted by Crippen LogP contribution is 2.33. The number of carbonyl (C=O) groups excluding carboxylic acids is 1. The zero-order chi connectivity index (χ0) is 19.0. The van der Waals surface area contributed by atoms with Crippen LogP contribution >= 0.6 is 0 Å². The van der Waals surface area contributed by atoms with Crippen LogP contribution in [0.2, 0.25) is 0 Å². The van der Waals surface area contributed by atoms with E-state index in [4.69, 9.17) is 5.11 Å². The number of aliphatic carboxylic acids is 1. The SMILES string of the molecule is Cc1cc2ccccc2n1CC(=O)NC1CC(N(CC(=O)O)CC2CC2)C1. The fourth-order valence-corrected chi connectivity index (χ4v) is 4.13. The van der Waals surface area contributed by atoms with E-state index in [2.05, 4.69) is 22.3 Å². The zero-order valence-corrected chi connectivity index (χ0v) is 15.7. The molecule has 2 N–H and O–H groups in total. The lowest BCUT2D eigenvalue weighted by molar-refractivity contribution is -0.140. The number of hydrogen-bond acceptors (Lipinski definition) is 3. The molecule has 1 amide bonds. The van der Waals surface area contributed by atoms with Gasteiger partial charge in [-0.15, -0.1) is 0 Å². The van der Waals surface area contributed by atoms with Crippen LogP contribution in [0.1, 0.15) is 31.4 Å². The number of para-hydroxylation sites is 1. The Balaban J connectivity index is 1.30. The number of aromatic nitrogens is 1. The van der Waals surface area contributed by atoms with E-state index in [1.165, 1.54) is 12.8 Å². The number of carboxylic acid groups (broad SMARTS) is 1. The van der Waals surface area contributed by atoms with E-state index in [1.807, 2.05) is 29.7 Å². The van der Waals surface area contributed by atoms with Crippen molar-refractivity contribution in [1.82, 2.24) is 14.8 Å². The average Bonchev–Trinajstić information content (AvgIpc) is 3.34. The van der Waals surface area contributed by atoms with Gasteiger partial charge in [0.05, 0.1) is 6.54 Å². The molecule has 6 heteroatoms. The van der Waals surface area contributed by atoms with Crippen LogP contribution in [0.3, 0.4) is 0 Å². The molecule has 0 saturated heterocycles. The van der Waals surface area contributed by atoms with Gasteiger partial charge in [-0.1, -0.05) is 18.2 Å². The molecule has 0 radical (unpaired) electrons. The molecule has 0 aliphatic heterocycles. The van der Waals surface area contributed by atoms with E-state index >= 15 is 0 Å². The summed E-state index contributed by atoms with van der Waals surface area (Å²) in [5.74, 6) is -0.0732. The Morgan fingerprint density at radius 3 is 2.70 bits per heavy atom. The summed E-state index contributed by atoms with van der Waals surface area (Å²) >= 11 is 0. The van der Waals surface area contributed by atoms with Crippen LogP contribution in [0.4, 0.5) is 0 Å². The van der Waals surface area contributed by atoms with Crippen molar-refractivity contribution >= 4 is 22.8 Å². The van der Waals surface area contributed by atoms with Crippen molar-refractivity contribution < 1.29 is 14.7 Å². The van der Waals surface area contributed by atoms with Crippen LogP contribution < -0.4 is 5.32 Å². The van der Waals surface area contributed by atoms with Gasteiger partial charge in [0.2, 0.25) is 5.91 Å². The summed E-state index contributed by atoms with van der Waals surface area (Å²) in [5.41, 5.74) is 2.16. The summed E-state index contributed by atoms with van der Waals surface area (Å²) in [7, 11) is 0. The smallest absolute Gasteiger partial charge is 0.317 e. The van der Waals surface area contributed by atoms with Gasteiger partial charge in [-0.3, -0.25) is 14.5 Å². The highest BCUT2D eigenvalue weighted by molar-refractivity contribution is 5.84. The third-order valence-corrected chi connectivity index (χ3v) is 5.84. The third-order valence-electron chi connectivity index (χ3n) is 5.84. The maximum absolute atomic E-state index is 12.5. The summed E-state index contributed by atoms with van der Waals surface area (Å²) in [4.78, 5) is 25.7. The number of benzene rings is 1. The molecule has 1 heterocycles. The zero-order valence-electron chi connectivity index (χ0n) is 15.7. The fraction of sp³-hybridized carbons (Fsp3) is 0.524. The molecule has 2 aliphatic rings. The van der Waals surface area contributed by atoms with Crippen LogP contribution in [0.5, 0.6) is 0 Å². The normalized spacial score (nSPS) is 22.0. The van der Waals surface area contributed by atoms with Gasteiger partial charge in [0.1, 0.15) is 6.54 Å². The maximum atomic E-state index is 12.5. The molecule has 2 aliphatic carbocycles. The second kappa shape index (κ2) is 7.35. The molecule has 2 aromatic rings. The quantitative estimate of drug-likeness (QED) is 0.749. The summed E-state index contributed by atoms with van der Waals surface area (Å²) in [6, 6.07) is 10.6. The number of hydrogen-bond donors (Lipinski definition) is 2. The standard InChI is InChI=1S/C21H27N3O3/c1-14-8-16-4-2-3-5-19(16)24(14)12-20(25)22-17-9-18(10-17)23(13-21(26)27)11-15-6-7-15/h2-5,8,15,17-18H,6-7,9-13H2,1H3,(H,22,25)(H,26,27). The van der Waals surface area contributed by atoms with Crippen LogP contribution in [0.25, 0.3) is 10.9 Å². The van der Waals surface area contributed by atoms with Gasteiger partial charge < -0.3 is 15.0 Å². The lowest BCUT2D eigenvalue weighted by Gasteiger charge is -2.42. The minimum absolute atomic E-state index is 0.0230. The van der Waals surface area contributed by atoms with E-state index in [0.29, 0.717) is 12.5 Å². The van der Waals surface area contributed by atoms with Crippen LogP contribution in [0, 0.1) is 12.8 Å². The Kier molecular flexibility index (Phi) is 4.91. The molecule has 2 fully saturated rings. The molecule has 1 aromatic carbocycles. The molecule has 144 valence electrons. The fourth-order valence-electron chi connectivity index (χ4n) is 4.13. The molecule has 4 rings (SSSR count). The van der Waals surface area contributed by atoms with Crippen molar-refractivity contribution in [1.29, 1.82) is 0 Å². The number of carboxylic acids is 1. The highest BCUT2D eigenvalue weighted by atomic mass is 16.4. The Hall–Kier alpha value is -2.34. The van der Waals surface area contributed by atoms with Crippen LogP contribution in [0.15, 0.2) is 30.3 Å².